The van der Waals surface area contributed by atoms with Gasteiger partial charge in [-0.2, -0.15) is 0 Å². The molecule has 0 bridgehead atoms. The highest BCUT2D eigenvalue weighted by Gasteiger charge is 2.58. The first-order chi connectivity index (χ1) is 22.7. The fourth-order valence-electron chi connectivity index (χ4n) is 6.97. The summed E-state index contributed by atoms with van der Waals surface area (Å²) in [6.07, 6.45) is -15.2. The van der Waals surface area contributed by atoms with E-state index in [4.69, 9.17) is 26.7 Å². The molecule has 1 aromatic carbocycles. The Morgan fingerprint density at radius 2 is 1.52 bits per heavy atom. The van der Waals surface area contributed by atoms with Crippen molar-refractivity contribution >= 4 is 17.9 Å². The number of ether oxygens (including phenoxy) is 2. The molecule has 2 heterocycles. The average molecular weight is 684 g/mol. The Kier molecular flexibility index (Phi) is 13.0. The van der Waals surface area contributed by atoms with Gasteiger partial charge in [-0.15, -0.1) is 0 Å². The Balaban J connectivity index is 1.52. The van der Waals surface area contributed by atoms with Crippen LogP contribution in [-0.4, -0.2) is 158 Å². The zero-order valence-electron chi connectivity index (χ0n) is 26.3. The molecule has 17 heteroatoms. The van der Waals surface area contributed by atoms with Gasteiger partial charge in [0.1, 0.15) is 36.6 Å². The number of carbonyl (C=O) groups is 2. The third-order valence-corrected chi connectivity index (χ3v) is 9.77. The maximum Gasteiger partial charge on any atom is 0.251 e. The number of hydrogen-bond donors (Lipinski definition) is 13. The van der Waals surface area contributed by atoms with E-state index in [1.807, 2.05) is 0 Å². The van der Waals surface area contributed by atoms with Crippen LogP contribution < -0.4 is 27.8 Å². The summed E-state index contributed by atoms with van der Waals surface area (Å²) in [6.45, 7) is 2.65. The molecule has 1 aliphatic carbocycles. The summed E-state index contributed by atoms with van der Waals surface area (Å²) in [4.78, 5) is 25.7. The van der Waals surface area contributed by atoms with Crippen molar-refractivity contribution in [3.8, 4) is 0 Å². The maximum atomic E-state index is 13.2. The maximum absolute atomic E-state index is 13.2. The second kappa shape index (κ2) is 16.4. The molecular weight excluding hydrogens is 634 g/mol. The molecule has 0 radical (unpaired) electrons. The average Bonchev–Trinajstić information content (AvgIpc) is 3.07. The molecule has 17 nitrogen and oxygen atoms in total. The lowest BCUT2D eigenvalue weighted by molar-refractivity contribution is -0.260. The summed E-state index contributed by atoms with van der Waals surface area (Å²) < 4.78 is 11.6. The van der Waals surface area contributed by atoms with Gasteiger partial charge in [-0.3, -0.25) is 9.59 Å². The number of aliphatic hydroxyl groups is 8. The zero-order chi connectivity index (χ0) is 35.4. The van der Waals surface area contributed by atoms with Crippen LogP contribution in [0.4, 0.5) is 0 Å². The van der Waals surface area contributed by atoms with Crippen LogP contribution in [0.1, 0.15) is 28.8 Å². The fraction of sp³-hybridized carbons (Fsp3) is 0.677. The monoisotopic (exact) mass is 683 g/mol. The summed E-state index contributed by atoms with van der Waals surface area (Å²) in [5.74, 6) is -3.77. The largest absolute Gasteiger partial charge is 0.394 e. The highest BCUT2D eigenvalue weighted by atomic mass is 16.5. The number of carbonyl (C=O) groups excluding carboxylic acids is 2. The molecule has 0 spiro atoms. The van der Waals surface area contributed by atoms with Gasteiger partial charge in [-0.1, -0.05) is 24.8 Å². The van der Waals surface area contributed by atoms with Gasteiger partial charge in [-0.25, -0.2) is 0 Å². The molecule has 2 amide bonds. The van der Waals surface area contributed by atoms with Crippen LogP contribution in [0.15, 0.2) is 30.8 Å². The lowest BCUT2D eigenvalue weighted by atomic mass is 9.65. The summed E-state index contributed by atoms with van der Waals surface area (Å²) in [5.41, 5.74) is 19.4. The number of hydrogen-bond acceptors (Lipinski definition) is 15. The van der Waals surface area contributed by atoms with Crippen LogP contribution in [0.25, 0.3) is 6.08 Å². The molecule has 16 atom stereocenters. The van der Waals surface area contributed by atoms with Crippen LogP contribution in [-0.2, 0) is 14.3 Å². The molecule has 0 unspecified atom stereocenters. The number of aliphatic hydroxyl groups excluding tert-OH is 8. The molecule has 1 saturated carbocycles. The second-order valence-corrected chi connectivity index (χ2v) is 12.8. The van der Waals surface area contributed by atoms with E-state index in [9.17, 15) is 50.4 Å². The molecule has 2 saturated heterocycles. The van der Waals surface area contributed by atoms with E-state index in [0.29, 0.717) is 5.56 Å². The van der Waals surface area contributed by atoms with E-state index in [1.54, 1.807) is 30.3 Å². The van der Waals surface area contributed by atoms with Crippen molar-refractivity contribution < 1.29 is 59.9 Å². The predicted molar refractivity (Wildman–Crippen MR) is 168 cm³/mol. The van der Waals surface area contributed by atoms with Crippen molar-refractivity contribution in [3.05, 3.63) is 42.0 Å². The van der Waals surface area contributed by atoms with Gasteiger partial charge in [-0.05, 0) is 30.5 Å². The van der Waals surface area contributed by atoms with Gasteiger partial charge in [0, 0.05) is 42.6 Å². The molecule has 3 fully saturated rings. The molecule has 270 valence electrons. The van der Waals surface area contributed by atoms with E-state index in [-0.39, 0.29) is 25.9 Å². The molecular formula is C31H49N5O12. The number of amides is 2. The topological polar surface area (TPSA) is 317 Å². The Morgan fingerprint density at radius 1 is 0.896 bits per heavy atom. The van der Waals surface area contributed by atoms with E-state index in [2.05, 4.69) is 17.2 Å². The Labute approximate surface area is 277 Å². The van der Waals surface area contributed by atoms with Gasteiger partial charge in [0.2, 0.25) is 5.91 Å². The van der Waals surface area contributed by atoms with Gasteiger partial charge >= 0.3 is 0 Å². The van der Waals surface area contributed by atoms with E-state index < -0.39 is 116 Å². The molecule has 4 rings (SSSR count). The summed E-state index contributed by atoms with van der Waals surface area (Å²) in [7, 11) is 0. The third kappa shape index (κ3) is 7.89. The van der Waals surface area contributed by atoms with Crippen LogP contribution in [0.2, 0.25) is 0 Å². The van der Waals surface area contributed by atoms with Crippen molar-refractivity contribution in [2.45, 2.75) is 98.1 Å². The second-order valence-electron chi connectivity index (χ2n) is 12.8. The molecule has 1 aromatic rings. The molecule has 3 aliphatic rings. The first kappa shape index (κ1) is 38.2. The number of nitrogens with two attached hydrogens (primary N) is 3. The Hall–Kier alpha value is -2.62. The van der Waals surface area contributed by atoms with Crippen molar-refractivity contribution in [3.63, 3.8) is 0 Å². The minimum atomic E-state index is -1.72. The first-order valence-electron chi connectivity index (χ1n) is 16.0. The van der Waals surface area contributed by atoms with Crippen LogP contribution >= 0.6 is 0 Å². The summed E-state index contributed by atoms with van der Waals surface area (Å²) >= 11 is 0. The van der Waals surface area contributed by atoms with Crippen molar-refractivity contribution in [2.75, 3.05) is 19.7 Å². The van der Waals surface area contributed by atoms with Crippen molar-refractivity contribution in [2.24, 2.45) is 29.0 Å². The third-order valence-electron chi connectivity index (χ3n) is 9.77. The van der Waals surface area contributed by atoms with Gasteiger partial charge in [0.05, 0.1) is 43.2 Å². The zero-order valence-corrected chi connectivity index (χ0v) is 26.3. The van der Waals surface area contributed by atoms with E-state index in [1.165, 1.54) is 0 Å². The Morgan fingerprint density at radius 3 is 2.12 bits per heavy atom. The van der Waals surface area contributed by atoms with Gasteiger partial charge < -0.3 is 78.2 Å². The lowest BCUT2D eigenvalue weighted by Gasteiger charge is -2.54. The van der Waals surface area contributed by atoms with Crippen molar-refractivity contribution in [1.82, 2.24) is 10.6 Å². The van der Waals surface area contributed by atoms with Crippen LogP contribution in [0, 0.1) is 11.8 Å². The van der Waals surface area contributed by atoms with Gasteiger partial charge in [0.15, 0.2) is 0 Å². The quantitative estimate of drug-likeness (QED) is 0.103. The standard InChI is InChI=1S/C31H49N5O12/c1-2-12-3-5-13(6-4-12)30(45)35-8-7-16(38)31(46)36-15-9-14(33)19(28-27(44)26(43)23(40)17(10-32)47-28)24(41)20(15)29-25(42)21(34)22(39)18(11-37)48-29/h2-6,14-29,37-44H,1,7-11,32-34H2,(H,35,45)(H,36,46)/t14-,15+,16-,17+,18+,19+,20-,21-,22+,23+,24-,25+,26-,27+,28+,29+/m0/s1. The fourth-order valence-corrected chi connectivity index (χ4v) is 6.97. The molecule has 0 aromatic heterocycles. The lowest BCUT2D eigenvalue weighted by Crippen LogP contribution is -2.72. The minimum Gasteiger partial charge on any atom is -0.394 e. The summed E-state index contributed by atoms with van der Waals surface area (Å²) in [6, 6.07) is 3.15. The van der Waals surface area contributed by atoms with E-state index >= 15 is 0 Å². The number of nitrogens with one attached hydrogen (secondary N) is 2. The first-order valence-corrected chi connectivity index (χ1v) is 16.0. The Bertz CT molecular complexity index is 1240. The smallest absolute Gasteiger partial charge is 0.251 e. The highest BCUT2D eigenvalue weighted by Crippen LogP contribution is 2.41. The molecule has 16 N–H and O–H groups in total. The van der Waals surface area contributed by atoms with Crippen LogP contribution in [0.5, 0.6) is 0 Å². The van der Waals surface area contributed by atoms with Gasteiger partial charge in [0.25, 0.3) is 5.91 Å². The number of benzene rings is 1. The van der Waals surface area contributed by atoms with E-state index in [0.717, 1.165) is 5.56 Å². The highest BCUT2D eigenvalue weighted by molar-refractivity contribution is 5.94. The number of rotatable bonds is 11. The molecule has 48 heavy (non-hydrogen) atoms. The molecule has 2 aliphatic heterocycles. The summed E-state index contributed by atoms with van der Waals surface area (Å²) in [5, 5.41) is 90.9. The van der Waals surface area contributed by atoms with Crippen LogP contribution in [0.3, 0.4) is 0 Å². The van der Waals surface area contributed by atoms with Crippen molar-refractivity contribution in [1.29, 1.82) is 0 Å². The normalized spacial score (nSPS) is 40.9. The predicted octanol–water partition coefficient (Wildman–Crippen LogP) is -5.76. The minimum absolute atomic E-state index is 0.0717. The SMILES string of the molecule is C=Cc1ccc(C(=O)NCC[C@H](O)C(=O)N[C@@H]2C[C@H](N)[C@@H]([C@H]3O[C@H](CN)[C@@H](O)[C@H](O)[C@H]3O)[C@H](O)[C@H]2[C@H]2O[C@H](CO)[C@@H](O)[C@H](N)[C@H]2O)cc1.